The van der Waals surface area contributed by atoms with E-state index in [9.17, 15) is 4.79 Å². The van der Waals surface area contributed by atoms with E-state index in [1.165, 1.54) is 0 Å². The van der Waals surface area contributed by atoms with Gasteiger partial charge < -0.3 is 14.2 Å². The van der Waals surface area contributed by atoms with Gasteiger partial charge in [0.15, 0.2) is 0 Å². The molecule has 0 bridgehead atoms. The Labute approximate surface area is 159 Å². The Morgan fingerprint density at radius 1 is 1.26 bits per heavy atom. The average molecular weight is 371 g/mol. The maximum absolute atomic E-state index is 11.7. The number of benzene rings is 1. The second-order valence-electron chi connectivity index (χ2n) is 6.13. The zero-order valence-corrected chi connectivity index (χ0v) is 16.3. The molecule has 0 fully saturated rings. The van der Waals surface area contributed by atoms with E-state index in [0.717, 1.165) is 5.56 Å². The minimum absolute atomic E-state index is 0.0477. The molecule has 0 aliphatic rings. The fourth-order valence-corrected chi connectivity index (χ4v) is 2.07. The van der Waals surface area contributed by atoms with Crippen LogP contribution in [0, 0.1) is 6.92 Å². The molecule has 144 valence electrons. The lowest BCUT2D eigenvalue weighted by atomic mass is 10.2. The smallest absolute Gasteiger partial charge is 0.354 e. The molecule has 0 saturated heterocycles. The van der Waals surface area contributed by atoms with E-state index in [1.807, 2.05) is 26.8 Å². The molecule has 0 unspecified atom stereocenters. The van der Waals surface area contributed by atoms with Gasteiger partial charge in [0, 0.05) is 18.3 Å². The highest BCUT2D eigenvalue weighted by atomic mass is 16.5. The number of rotatable bonds is 8. The van der Waals surface area contributed by atoms with Crippen LogP contribution in [-0.2, 0) is 9.53 Å². The van der Waals surface area contributed by atoms with Crippen LogP contribution in [0.4, 0.5) is 5.69 Å². The molecule has 0 aliphatic carbocycles. The van der Waals surface area contributed by atoms with Gasteiger partial charge in [-0.3, -0.25) is 5.43 Å². The predicted molar refractivity (Wildman–Crippen MR) is 105 cm³/mol. The Kier molecular flexibility index (Phi) is 7.16. The fourth-order valence-electron chi connectivity index (χ4n) is 2.07. The van der Waals surface area contributed by atoms with E-state index in [4.69, 9.17) is 14.2 Å². The Bertz CT molecular complexity index is 801. The molecule has 1 heterocycles. The highest BCUT2D eigenvalue weighted by Gasteiger charge is 2.11. The quantitative estimate of drug-likeness (QED) is 0.423. The first-order chi connectivity index (χ1) is 12.9. The van der Waals surface area contributed by atoms with Crippen LogP contribution < -0.4 is 14.9 Å². The normalized spacial score (nSPS) is 11.3. The summed E-state index contributed by atoms with van der Waals surface area (Å²) in [5.74, 6) is 1.16. The molecule has 1 aromatic heterocycles. The summed E-state index contributed by atoms with van der Waals surface area (Å²) in [6.45, 7) is 9.43. The number of carbonyl (C=O) groups excluding carboxylic acids is 1. The number of aromatic nitrogens is 1. The van der Waals surface area contributed by atoms with Crippen molar-refractivity contribution in [2.24, 2.45) is 5.10 Å². The van der Waals surface area contributed by atoms with Crippen LogP contribution in [0.15, 0.2) is 41.6 Å². The molecule has 7 nitrogen and oxygen atoms in total. The van der Waals surface area contributed by atoms with Gasteiger partial charge in [0.05, 0.1) is 18.4 Å². The molecule has 2 rings (SSSR count). The number of esters is 1. The summed E-state index contributed by atoms with van der Waals surface area (Å²) in [5, 5.41) is 4.06. The SMILES string of the molecule is CCOC(=O)/C(C)=N/Nc1ccc(Oc2ccc(C)cn2)cc1OC(C)C. The standard InChI is InChI=1S/C20H25N3O4/c1-6-25-20(24)15(5)22-23-17-9-8-16(11-18(17)26-13(2)3)27-19-10-7-14(4)12-21-19/h7-13,23H,6H2,1-5H3/b22-15+. The van der Waals surface area contributed by atoms with Gasteiger partial charge in [-0.1, -0.05) is 6.07 Å². The van der Waals surface area contributed by atoms with E-state index >= 15 is 0 Å². The number of hydrazone groups is 1. The van der Waals surface area contributed by atoms with Gasteiger partial charge in [-0.25, -0.2) is 9.78 Å². The van der Waals surface area contributed by atoms with E-state index in [-0.39, 0.29) is 11.8 Å². The summed E-state index contributed by atoms with van der Waals surface area (Å²) < 4.78 is 16.5. The Balaban J connectivity index is 2.20. The lowest BCUT2D eigenvalue weighted by Gasteiger charge is -2.15. The third-order valence-electron chi connectivity index (χ3n) is 3.34. The van der Waals surface area contributed by atoms with Crippen molar-refractivity contribution in [3.8, 4) is 17.4 Å². The molecule has 0 spiro atoms. The van der Waals surface area contributed by atoms with Gasteiger partial charge in [0.25, 0.3) is 0 Å². The van der Waals surface area contributed by atoms with Crippen LogP contribution in [0.3, 0.4) is 0 Å². The van der Waals surface area contributed by atoms with Gasteiger partial charge in [-0.15, -0.1) is 0 Å². The van der Waals surface area contributed by atoms with Crippen molar-refractivity contribution in [2.75, 3.05) is 12.0 Å². The molecule has 0 radical (unpaired) electrons. The lowest BCUT2D eigenvalue weighted by molar-refractivity contribution is -0.135. The number of nitrogens with zero attached hydrogens (tertiary/aromatic N) is 2. The molecule has 0 atom stereocenters. The zero-order valence-electron chi connectivity index (χ0n) is 16.3. The van der Waals surface area contributed by atoms with Crippen LogP contribution in [-0.4, -0.2) is 29.4 Å². The van der Waals surface area contributed by atoms with Gasteiger partial charge in [0.1, 0.15) is 17.2 Å². The second kappa shape index (κ2) is 9.56. The van der Waals surface area contributed by atoms with Crippen molar-refractivity contribution in [2.45, 2.75) is 40.7 Å². The molecular weight excluding hydrogens is 346 g/mol. The highest BCUT2D eigenvalue weighted by molar-refractivity contribution is 6.35. The molecule has 1 aromatic carbocycles. The van der Waals surface area contributed by atoms with Crippen LogP contribution in [0.2, 0.25) is 0 Å². The number of pyridine rings is 1. The number of aryl methyl sites for hydroxylation is 1. The largest absolute Gasteiger partial charge is 0.489 e. The fraction of sp³-hybridized carbons (Fsp3) is 0.350. The molecule has 2 aromatic rings. The molecule has 1 N–H and O–H groups in total. The number of hydrogen-bond donors (Lipinski definition) is 1. The first-order valence-electron chi connectivity index (χ1n) is 8.77. The molecule has 0 amide bonds. The molecule has 27 heavy (non-hydrogen) atoms. The Hall–Kier alpha value is -3.09. The molecular formula is C20H25N3O4. The summed E-state index contributed by atoms with van der Waals surface area (Å²) >= 11 is 0. The third-order valence-corrected chi connectivity index (χ3v) is 3.34. The predicted octanol–water partition coefficient (Wildman–Crippen LogP) is 4.32. The van der Waals surface area contributed by atoms with Crippen LogP contribution in [0.5, 0.6) is 17.4 Å². The number of nitrogens with one attached hydrogen (secondary N) is 1. The topological polar surface area (TPSA) is 82.0 Å². The Morgan fingerprint density at radius 3 is 2.67 bits per heavy atom. The maximum atomic E-state index is 11.7. The van der Waals surface area contributed by atoms with Crippen molar-refractivity contribution in [3.63, 3.8) is 0 Å². The van der Waals surface area contributed by atoms with Crippen LogP contribution in [0.25, 0.3) is 0 Å². The maximum Gasteiger partial charge on any atom is 0.354 e. The molecule has 0 aliphatic heterocycles. The summed E-state index contributed by atoms with van der Waals surface area (Å²) in [5.41, 5.74) is 4.73. The monoisotopic (exact) mass is 371 g/mol. The van der Waals surface area contributed by atoms with Crippen molar-refractivity contribution in [1.29, 1.82) is 0 Å². The van der Waals surface area contributed by atoms with Gasteiger partial charge in [-0.2, -0.15) is 5.10 Å². The van der Waals surface area contributed by atoms with E-state index in [0.29, 0.717) is 29.7 Å². The first kappa shape index (κ1) is 20.2. The van der Waals surface area contributed by atoms with Crippen LogP contribution >= 0.6 is 0 Å². The number of ether oxygens (including phenoxy) is 3. The summed E-state index contributed by atoms with van der Waals surface area (Å²) in [7, 11) is 0. The number of hydrogen-bond acceptors (Lipinski definition) is 7. The van der Waals surface area contributed by atoms with Crippen LogP contribution in [0.1, 0.15) is 33.3 Å². The summed E-state index contributed by atoms with van der Waals surface area (Å²) in [6, 6.07) is 9.02. The lowest BCUT2D eigenvalue weighted by Crippen LogP contribution is -2.15. The van der Waals surface area contributed by atoms with Gasteiger partial charge >= 0.3 is 5.97 Å². The number of carbonyl (C=O) groups is 1. The minimum atomic E-state index is -0.471. The summed E-state index contributed by atoms with van der Waals surface area (Å²) in [6.07, 6.45) is 1.69. The molecule has 7 heteroatoms. The van der Waals surface area contributed by atoms with Gasteiger partial charge in [0.2, 0.25) is 5.88 Å². The average Bonchev–Trinajstić information content (AvgIpc) is 2.62. The van der Waals surface area contributed by atoms with Crippen molar-refractivity contribution in [1.82, 2.24) is 4.98 Å². The van der Waals surface area contributed by atoms with E-state index < -0.39 is 5.97 Å². The third kappa shape index (κ3) is 6.29. The number of anilines is 1. The minimum Gasteiger partial charge on any atom is -0.489 e. The Morgan fingerprint density at radius 2 is 2.04 bits per heavy atom. The van der Waals surface area contributed by atoms with E-state index in [1.54, 1.807) is 44.3 Å². The highest BCUT2D eigenvalue weighted by Crippen LogP contribution is 2.32. The van der Waals surface area contributed by atoms with Gasteiger partial charge in [-0.05, 0) is 52.3 Å². The first-order valence-corrected chi connectivity index (χ1v) is 8.77. The second-order valence-corrected chi connectivity index (χ2v) is 6.13. The molecule has 0 saturated carbocycles. The van der Waals surface area contributed by atoms with Crippen molar-refractivity contribution >= 4 is 17.4 Å². The zero-order chi connectivity index (χ0) is 19.8. The van der Waals surface area contributed by atoms with E-state index in [2.05, 4.69) is 15.5 Å². The van der Waals surface area contributed by atoms with Crippen molar-refractivity contribution in [3.05, 3.63) is 42.1 Å². The summed E-state index contributed by atoms with van der Waals surface area (Å²) in [4.78, 5) is 15.9. The van der Waals surface area contributed by atoms with Crippen molar-refractivity contribution < 1.29 is 19.0 Å².